The first-order valence-corrected chi connectivity index (χ1v) is 13.6. The van der Waals surface area contributed by atoms with Crippen molar-refractivity contribution in [2.45, 2.75) is 117 Å². The Morgan fingerprint density at radius 2 is 1.24 bits per heavy atom. The molecule has 0 fully saturated rings. The highest BCUT2D eigenvalue weighted by Crippen LogP contribution is 2.25. The van der Waals surface area contributed by atoms with Gasteiger partial charge in [-0.05, 0) is 37.3 Å². The molecular weight excluding hydrogens is 426 g/mol. The van der Waals surface area contributed by atoms with Crippen molar-refractivity contribution >= 4 is 6.08 Å². The lowest BCUT2D eigenvalue weighted by Crippen LogP contribution is -2.00. The molecule has 0 aliphatic rings. The molecule has 1 aromatic heterocycles. The summed E-state index contributed by atoms with van der Waals surface area (Å²) in [5.41, 5.74) is 1.45. The van der Waals surface area contributed by atoms with Crippen LogP contribution in [0.2, 0.25) is 0 Å². The third-order valence-corrected chi connectivity index (χ3v) is 6.41. The normalized spacial score (nSPS) is 11.5. The summed E-state index contributed by atoms with van der Waals surface area (Å²) in [4.78, 5) is 8.55. The number of nitrogens with zero attached hydrogens (tertiary/aromatic N) is 2. The minimum Gasteiger partial charge on any atom is -0.236 e. The SMILES string of the molecule is CCCCCCCCC=Cc1cnc(-c2ccc(CCCCCCCCCC)c(F)c2F)nc1. The quantitative estimate of drug-likeness (QED) is 0.203. The van der Waals surface area contributed by atoms with Crippen molar-refractivity contribution < 1.29 is 8.78 Å². The van der Waals surface area contributed by atoms with E-state index in [1.807, 2.05) is 6.08 Å². The topological polar surface area (TPSA) is 25.8 Å². The van der Waals surface area contributed by atoms with Crippen molar-refractivity contribution in [3.8, 4) is 11.4 Å². The van der Waals surface area contributed by atoms with Crippen LogP contribution in [0.3, 0.4) is 0 Å². The van der Waals surface area contributed by atoms with Gasteiger partial charge in [0, 0.05) is 18.0 Å². The predicted octanol–water partition coefficient (Wildman–Crippen LogP) is 9.87. The van der Waals surface area contributed by atoms with Crippen LogP contribution in [0.25, 0.3) is 17.5 Å². The zero-order chi connectivity index (χ0) is 24.4. The number of aryl methyl sites for hydroxylation is 1. The number of halogens is 2. The van der Waals surface area contributed by atoms with Crippen molar-refractivity contribution in [2.24, 2.45) is 0 Å². The molecule has 2 rings (SSSR count). The van der Waals surface area contributed by atoms with E-state index < -0.39 is 11.6 Å². The van der Waals surface area contributed by atoms with Crippen LogP contribution < -0.4 is 0 Å². The average Bonchev–Trinajstić information content (AvgIpc) is 2.85. The predicted molar refractivity (Wildman–Crippen MR) is 141 cm³/mol. The molecule has 1 heterocycles. The lowest BCUT2D eigenvalue weighted by molar-refractivity contribution is 0.496. The molecule has 0 atom stereocenters. The monoisotopic (exact) mass is 470 g/mol. The molecule has 2 nitrogen and oxygen atoms in total. The minimum absolute atomic E-state index is 0.125. The second kappa shape index (κ2) is 17.4. The number of hydrogen-bond donors (Lipinski definition) is 0. The van der Waals surface area contributed by atoms with Gasteiger partial charge in [0.25, 0.3) is 0 Å². The van der Waals surface area contributed by atoms with E-state index in [4.69, 9.17) is 0 Å². The van der Waals surface area contributed by atoms with E-state index in [0.717, 1.165) is 24.8 Å². The lowest BCUT2D eigenvalue weighted by atomic mass is 10.0. The first-order chi connectivity index (χ1) is 16.7. The van der Waals surface area contributed by atoms with Crippen molar-refractivity contribution in [2.75, 3.05) is 0 Å². The van der Waals surface area contributed by atoms with E-state index in [0.29, 0.717) is 12.0 Å². The molecule has 0 saturated heterocycles. The smallest absolute Gasteiger partial charge is 0.170 e. The van der Waals surface area contributed by atoms with Crippen LogP contribution in [0, 0.1) is 11.6 Å². The highest BCUT2D eigenvalue weighted by molar-refractivity contribution is 5.58. The standard InChI is InChI=1S/C30H44F2N2/c1-3-5-7-9-11-13-15-17-19-25-23-33-30(34-24-25)27-22-21-26(28(31)29(27)32)20-18-16-14-12-10-8-6-4-2/h17,19,21-24H,3-16,18,20H2,1-2H3. The third kappa shape index (κ3) is 10.4. The Hall–Kier alpha value is -2.10. The molecule has 0 radical (unpaired) electrons. The van der Waals surface area contributed by atoms with E-state index in [1.54, 1.807) is 24.5 Å². The third-order valence-electron chi connectivity index (χ3n) is 6.41. The zero-order valence-corrected chi connectivity index (χ0v) is 21.4. The number of allylic oxidation sites excluding steroid dienone is 1. The average molecular weight is 471 g/mol. The summed E-state index contributed by atoms with van der Waals surface area (Å²) in [6, 6.07) is 3.30. The molecule has 0 unspecified atom stereocenters. The summed E-state index contributed by atoms with van der Waals surface area (Å²) >= 11 is 0. The van der Waals surface area contributed by atoms with E-state index in [-0.39, 0.29) is 11.4 Å². The summed E-state index contributed by atoms with van der Waals surface area (Å²) in [7, 11) is 0. The van der Waals surface area contributed by atoms with Crippen molar-refractivity contribution in [1.29, 1.82) is 0 Å². The van der Waals surface area contributed by atoms with Crippen LogP contribution >= 0.6 is 0 Å². The Bertz CT molecular complexity index is 830. The van der Waals surface area contributed by atoms with E-state index in [9.17, 15) is 8.78 Å². The maximum Gasteiger partial charge on any atom is 0.170 e. The largest absolute Gasteiger partial charge is 0.236 e. The van der Waals surface area contributed by atoms with Crippen LogP contribution in [0.4, 0.5) is 8.78 Å². The number of aromatic nitrogens is 2. The molecule has 188 valence electrons. The molecule has 0 aliphatic carbocycles. The minimum atomic E-state index is -0.844. The van der Waals surface area contributed by atoms with E-state index >= 15 is 0 Å². The molecule has 0 spiro atoms. The number of benzene rings is 1. The Kier molecular flexibility index (Phi) is 14.4. The van der Waals surface area contributed by atoms with Gasteiger partial charge in [0.1, 0.15) is 0 Å². The highest BCUT2D eigenvalue weighted by Gasteiger charge is 2.16. The molecule has 4 heteroatoms. The maximum absolute atomic E-state index is 14.7. The van der Waals surface area contributed by atoms with Crippen LogP contribution in [-0.4, -0.2) is 9.97 Å². The fourth-order valence-electron chi connectivity index (χ4n) is 4.23. The molecule has 0 N–H and O–H groups in total. The molecular formula is C30H44F2N2. The van der Waals surface area contributed by atoms with Gasteiger partial charge in [-0.15, -0.1) is 0 Å². The van der Waals surface area contributed by atoms with E-state index in [1.165, 1.54) is 77.0 Å². The molecule has 1 aromatic carbocycles. The number of rotatable bonds is 18. The maximum atomic E-state index is 14.7. The summed E-state index contributed by atoms with van der Waals surface area (Å²) in [5, 5.41) is 0. The Balaban J connectivity index is 1.79. The van der Waals surface area contributed by atoms with Gasteiger partial charge in [-0.2, -0.15) is 0 Å². The van der Waals surface area contributed by atoms with Gasteiger partial charge < -0.3 is 0 Å². The van der Waals surface area contributed by atoms with Crippen LogP contribution in [0.1, 0.15) is 121 Å². The van der Waals surface area contributed by atoms with Crippen molar-refractivity contribution in [3.05, 3.63) is 53.4 Å². The second-order valence-electron chi connectivity index (χ2n) is 9.42. The highest BCUT2D eigenvalue weighted by atomic mass is 19.2. The molecule has 0 aliphatic heterocycles. The van der Waals surface area contributed by atoms with Gasteiger partial charge >= 0.3 is 0 Å². The Labute approximate surface area is 206 Å². The van der Waals surface area contributed by atoms with Crippen LogP contribution in [0.15, 0.2) is 30.6 Å². The fraction of sp³-hybridized carbons (Fsp3) is 0.600. The molecule has 34 heavy (non-hydrogen) atoms. The second-order valence-corrected chi connectivity index (χ2v) is 9.42. The summed E-state index contributed by atoms with van der Waals surface area (Å²) < 4.78 is 29.4. The number of hydrogen-bond acceptors (Lipinski definition) is 2. The first-order valence-electron chi connectivity index (χ1n) is 13.6. The van der Waals surface area contributed by atoms with Gasteiger partial charge in [-0.3, -0.25) is 0 Å². The van der Waals surface area contributed by atoms with Gasteiger partial charge in [-0.1, -0.05) is 109 Å². The molecule has 2 aromatic rings. The summed E-state index contributed by atoms with van der Waals surface area (Å²) in [6.07, 6.45) is 26.3. The number of unbranched alkanes of at least 4 members (excludes halogenated alkanes) is 13. The Morgan fingerprint density at radius 1 is 0.676 bits per heavy atom. The molecule has 0 saturated carbocycles. The molecule has 0 amide bonds. The lowest BCUT2D eigenvalue weighted by Gasteiger charge is -2.08. The van der Waals surface area contributed by atoms with Crippen LogP contribution in [0.5, 0.6) is 0 Å². The van der Waals surface area contributed by atoms with Gasteiger partial charge in [0.05, 0.1) is 5.56 Å². The van der Waals surface area contributed by atoms with E-state index in [2.05, 4.69) is 29.9 Å². The van der Waals surface area contributed by atoms with Gasteiger partial charge in [-0.25, -0.2) is 18.7 Å². The molecule has 0 bridgehead atoms. The fourth-order valence-corrected chi connectivity index (χ4v) is 4.23. The Morgan fingerprint density at radius 3 is 1.85 bits per heavy atom. The summed E-state index contributed by atoms with van der Waals surface area (Å²) in [5.74, 6) is -1.38. The zero-order valence-electron chi connectivity index (χ0n) is 21.4. The van der Waals surface area contributed by atoms with Gasteiger partial charge in [0.2, 0.25) is 0 Å². The van der Waals surface area contributed by atoms with Crippen molar-refractivity contribution in [1.82, 2.24) is 9.97 Å². The van der Waals surface area contributed by atoms with Crippen LogP contribution in [-0.2, 0) is 6.42 Å². The summed E-state index contributed by atoms with van der Waals surface area (Å²) in [6.45, 7) is 4.45. The van der Waals surface area contributed by atoms with Crippen molar-refractivity contribution in [3.63, 3.8) is 0 Å². The van der Waals surface area contributed by atoms with Gasteiger partial charge in [0.15, 0.2) is 17.5 Å². The first kappa shape index (κ1) is 28.1.